The number of benzene rings is 1. The van der Waals surface area contributed by atoms with Crippen LogP contribution in [0.4, 0.5) is 0 Å². The quantitative estimate of drug-likeness (QED) is 0.179. The minimum atomic E-state index is -0.897. The number of rotatable bonds is 4. The maximum Gasteiger partial charge on any atom is 0.199 e. The van der Waals surface area contributed by atoms with Gasteiger partial charge in [0, 0.05) is 0 Å². The van der Waals surface area contributed by atoms with E-state index in [0.717, 1.165) is 5.75 Å². The van der Waals surface area contributed by atoms with Gasteiger partial charge in [-0.3, -0.25) is 0 Å². The lowest BCUT2D eigenvalue weighted by Gasteiger charge is -2.52. The van der Waals surface area contributed by atoms with Crippen molar-refractivity contribution in [2.24, 2.45) is 0 Å². The van der Waals surface area contributed by atoms with Crippen LogP contribution in [0, 0.1) is 0 Å². The Bertz CT molecular complexity index is 588. The highest BCUT2D eigenvalue weighted by molar-refractivity contribution is 9.33. The van der Waals surface area contributed by atoms with E-state index in [-0.39, 0.29) is 0 Å². The van der Waals surface area contributed by atoms with E-state index in [2.05, 4.69) is 112 Å². The molecule has 1 aromatic rings. The van der Waals surface area contributed by atoms with E-state index in [1.807, 2.05) is 49.4 Å². The first-order valence-electron chi connectivity index (χ1n) is 6.35. The Morgan fingerprint density at radius 2 is 1.39 bits per heavy atom. The highest BCUT2D eigenvalue weighted by Crippen LogP contribution is 2.68. The third-order valence-electron chi connectivity index (χ3n) is 3.13. The molecule has 2 nitrogen and oxygen atoms in total. The molecule has 1 aliphatic rings. The summed E-state index contributed by atoms with van der Waals surface area (Å²) in [6.45, 7) is 1.84. The zero-order valence-electron chi connectivity index (χ0n) is 11.6. The Labute approximate surface area is 194 Å². The van der Waals surface area contributed by atoms with Crippen molar-refractivity contribution in [1.82, 2.24) is 0 Å². The van der Waals surface area contributed by atoms with Gasteiger partial charge in [0.1, 0.15) is 12.2 Å². The van der Waals surface area contributed by atoms with Crippen molar-refractivity contribution < 1.29 is 9.47 Å². The van der Waals surface area contributed by atoms with Gasteiger partial charge in [0.15, 0.2) is 14.0 Å². The van der Waals surface area contributed by atoms with Gasteiger partial charge in [0.25, 0.3) is 0 Å². The van der Waals surface area contributed by atoms with E-state index in [4.69, 9.17) is 9.47 Å². The molecule has 23 heavy (non-hydrogen) atoms. The fourth-order valence-electron chi connectivity index (χ4n) is 1.91. The first kappa shape index (κ1) is 21.4. The van der Waals surface area contributed by atoms with Gasteiger partial charge >= 0.3 is 0 Å². The van der Waals surface area contributed by atoms with Crippen LogP contribution in [0.3, 0.4) is 0 Å². The summed E-state index contributed by atoms with van der Waals surface area (Å²) in [6, 6.07) is 9.53. The van der Waals surface area contributed by atoms with Crippen LogP contribution >= 0.6 is 112 Å². The number of alkyl halides is 7. The van der Waals surface area contributed by atoms with E-state index >= 15 is 0 Å². The molecule has 0 saturated heterocycles. The van der Waals surface area contributed by atoms with E-state index in [1.54, 1.807) is 0 Å². The predicted molar refractivity (Wildman–Crippen MR) is 120 cm³/mol. The van der Waals surface area contributed by atoms with Gasteiger partial charge in [-0.25, -0.2) is 0 Å². The Hall–Kier alpha value is 2.08. The summed E-state index contributed by atoms with van der Waals surface area (Å²) in [5.41, 5.74) is 0. The van der Waals surface area contributed by atoms with Crippen molar-refractivity contribution in [2.45, 2.75) is 27.4 Å². The van der Waals surface area contributed by atoms with Gasteiger partial charge in [0.05, 0.1) is 0 Å². The predicted octanol–water partition coefficient (Wildman–Crippen LogP) is 7.55. The first-order chi connectivity index (χ1) is 10.4. The molecule has 2 unspecified atom stereocenters. The first-order valence-corrected chi connectivity index (χ1v) is 11.9. The topological polar surface area (TPSA) is 18.5 Å². The van der Waals surface area contributed by atoms with Gasteiger partial charge in [-0.05, 0) is 41.1 Å². The lowest BCUT2D eigenvalue weighted by atomic mass is 10.0. The SMILES string of the molecule is CC(Oc1ccccc1)OC1(Br)C=CC(Br)(Br)C(Br)(Br)C1(Br)Br. The fraction of sp³-hybridized carbons (Fsp3) is 0.429. The summed E-state index contributed by atoms with van der Waals surface area (Å²) >= 11 is 25.7. The number of ether oxygens (including phenoxy) is 2. The zero-order chi connectivity index (χ0) is 17.5. The van der Waals surface area contributed by atoms with Crippen LogP contribution in [-0.2, 0) is 4.74 Å². The smallest absolute Gasteiger partial charge is 0.199 e. The molecule has 0 fully saturated rings. The van der Waals surface area contributed by atoms with Gasteiger partial charge < -0.3 is 9.47 Å². The molecule has 0 N–H and O–H groups in total. The molecule has 9 heteroatoms. The van der Waals surface area contributed by atoms with Crippen LogP contribution < -0.4 is 4.74 Å². The minimum Gasteiger partial charge on any atom is -0.465 e. The largest absolute Gasteiger partial charge is 0.465 e. The van der Waals surface area contributed by atoms with Crippen LogP contribution in [-0.4, -0.2) is 20.5 Å². The molecule has 0 spiro atoms. The zero-order valence-corrected chi connectivity index (χ0v) is 22.7. The number of hydrogen-bond acceptors (Lipinski definition) is 2. The molecule has 2 atom stereocenters. The molecule has 0 radical (unpaired) electrons. The summed E-state index contributed by atoms with van der Waals surface area (Å²) in [5, 5.41) is 0. The summed E-state index contributed by atoms with van der Waals surface area (Å²) in [6.07, 6.45) is 3.33. The van der Waals surface area contributed by atoms with Gasteiger partial charge in [0.2, 0.25) is 0 Å². The summed E-state index contributed by atoms with van der Waals surface area (Å²) in [5.74, 6) is 0.741. The minimum absolute atomic E-state index is 0.496. The number of allylic oxidation sites excluding steroid dienone is 1. The number of para-hydroxylation sites is 1. The maximum atomic E-state index is 6.14. The van der Waals surface area contributed by atoms with Crippen molar-refractivity contribution in [3.63, 3.8) is 0 Å². The lowest BCUT2D eigenvalue weighted by molar-refractivity contribution is -0.106. The standard InChI is InChI=1S/C14H11Br7O2/c1-9(22-10-5-3-2-4-6-10)23-12(17)8-7-11(15,16)13(18,19)14(12,20)21/h2-9H,1H3. The van der Waals surface area contributed by atoms with Crippen molar-refractivity contribution >= 4 is 112 Å². The average Bonchev–Trinajstić information content (AvgIpc) is 2.44. The number of hydrogen-bond donors (Lipinski definition) is 0. The summed E-state index contributed by atoms with van der Waals surface area (Å²) < 4.78 is 9.06. The van der Waals surface area contributed by atoms with Crippen LogP contribution in [0.25, 0.3) is 0 Å². The highest BCUT2D eigenvalue weighted by atomic mass is 79.9. The molecule has 0 amide bonds. The number of halogens is 7. The van der Waals surface area contributed by atoms with Crippen LogP contribution in [0.1, 0.15) is 6.92 Å². The second-order valence-corrected chi connectivity index (χ2v) is 16.5. The Morgan fingerprint density at radius 1 is 0.826 bits per heavy atom. The van der Waals surface area contributed by atoms with Crippen molar-refractivity contribution in [2.75, 3.05) is 0 Å². The Balaban J connectivity index is 2.24. The molecule has 0 aromatic heterocycles. The summed E-state index contributed by atoms with van der Waals surface area (Å²) in [4.78, 5) is 0. The molecule has 0 saturated carbocycles. The molecule has 0 heterocycles. The third kappa shape index (κ3) is 4.17. The second-order valence-electron chi connectivity index (χ2n) is 4.87. The molecule has 0 aliphatic heterocycles. The molecule has 1 aliphatic carbocycles. The molecule has 1 aromatic carbocycles. The van der Waals surface area contributed by atoms with Crippen LogP contribution in [0.2, 0.25) is 0 Å². The van der Waals surface area contributed by atoms with Crippen LogP contribution in [0.5, 0.6) is 5.75 Å². The van der Waals surface area contributed by atoms with E-state index in [9.17, 15) is 0 Å². The average molecular weight is 771 g/mol. The van der Waals surface area contributed by atoms with E-state index in [1.165, 1.54) is 0 Å². The monoisotopic (exact) mass is 764 g/mol. The van der Waals surface area contributed by atoms with Crippen molar-refractivity contribution in [3.8, 4) is 5.75 Å². The lowest BCUT2D eigenvalue weighted by Crippen LogP contribution is -2.61. The molecule has 2 rings (SSSR count). The molecular formula is C14H11Br7O2. The second kappa shape index (κ2) is 7.60. The van der Waals surface area contributed by atoms with Gasteiger partial charge in [-0.15, -0.1) is 0 Å². The van der Waals surface area contributed by atoms with E-state index in [0.29, 0.717) is 0 Å². The highest BCUT2D eigenvalue weighted by Gasteiger charge is 2.68. The third-order valence-corrected chi connectivity index (χ3v) is 16.0. The Kier molecular flexibility index (Phi) is 7.07. The van der Waals surface area contributed by atoms with Crippen LogP contribution in [0.15, 0.2) is 42.5 Å². The molecule has 0 bridgehead atoms. The van der Waals surface area contributed by atoms with Gasteiger partial charge in [-0.1, -0.05) is 120 Å². The molecular weight excluding hydrogens is 759 g/mol. The molecule has 128 valence electrons. The normalized spacial score (nSPS) is 29.0. The van der Waals surface area contributed by atoms with Crippen molar-refractivity contribution in [3.05, 3.63) is 42.5 Å². The summed E-state index contributed by atoms with van der Waals surface area (Å²) in [7, 11) is 0. The Morgan fingerprint density at radius 3 is 1.96 bits per heavy atom. The van der Waals surface area contributed by atoms with Gasteiger partial charge in [-0.2, -0.15) is 0 Å². The van der Waals surface area contributed by atoms with E-state index < -0.39 is 20.5 Å². The fourth-order valence-corrected chi connectivity index (χ4v) is 6.99. The van der Waals surface area contributed by atoms with Crippen molar-refractivity contribution in [1.29, 1.82) is 0 Å². The maximum absolute atomic E-state index is 6.14.